The normalized spacial score (nSPS) is 12.1. The maximum atomic E-state index is 13.0. The highest BCUT2D eigenvalue weighted by atomic mass is 32.2. The zero-order valence-electron chi connectivity index (χ0n) is 7.54. The Kier molecular flexibility index (Phi) is 3.00. The summed E-state index contributed by atoms with van der Waals surface area (Å²) in [5, 5.41) is 3.44. The van der Waals surface area contributed by atoms with Crippen molar-refractivity contribution < 1.29 is 21.6 Å². The van der Waals surface area contributed by atoms with E-state index in [-0.39, 0.29) is 5.56 Å². The molecule has 0 aliphatic rings. The van der Waals surface area contributed by atoms with Gasteiger partial charge < -0.3 is 0 Å². The Morgan fingerprint density at radius 1 is 1.47 bits per heavy atom. The van der Waals surface area contributed by atoms with E-state index in [2.05, 4.69) is 10.1 Å². The molecule has 0 unspecified atom stereocenters. The van der Waals surface area contributed by atoms with Crippen molar-refractivity contribution in [3.8, 4) is 0 Å². The molecule has 4 nitrogen and oxygen atoms in total. The van der Waals surface area contributed by atoms with Gasteiger partial charge in [0, 0.05) is 0 Å². The lowest BCUT2D eigenvalue weighted by Crippen LogP contribution is -2.17. The molecule has 0 spiro atoms. The first kappa shape index (κ1) is 11.9. The van der Waals surface area contributed by atoms with Crippen LogP contribution in [0.4, 0.5) is 13.2 Å². The number of hydrogen-bond acceptors (Lipinski definition) is 3. The summed E-state index contributed by atoms with van der Waals surface area (Å²) in [6.45, 7) is 1.20. The highest BCUT2D eigenvalue weighted by Gasteiger charge is 2.22. The fourth-order valence-electron chi connectivity index (χ4n) is 0.997. The third kappa shape index (κ3) is 2.45. The molecule has 15 heavy (non-hydrogen) atoms. The Labute approximate surface area is 84.0 Å². The zero-order valence-corrected chi connectivity index (χ0v) is 8.35. The first-order chi connectivity index (χ1) is 6.73. The second-order valence-corrected chi connectivity index (χ2v) is 4.30. The SMILES string of the molecule is Cc1cc(F)c(S(N)(=O)=O)nc1C(F)F. The van der Waals surface area contributed by atoms with E-state index in [9.17, 15) is 21.6 Å². The van der Waals surface area contributed by atoms with Crippen molar-refractivity contribution >= 4 is 10.0 Å². The van der Waals surface area contributed by atoms with Gasteiger partial charge in [-0.15, -0.1) is 0 Å². The third-order valence-electron chi connectivity index (χ3n) is 1.65. The monoisotopic (exact) mass is 240 g/mol. The summed E-state index contributed by atoms with van der Waals surface area (Å²) >= 11 is 0. The number of sulfonamides is 1. The first-order valence-corrected chi connectivity index (χ1v) is 5.26. The van der Waals surface area contributed by atoms with Crippen molar-refractivity contribution in [2.75, 3.05) is 0 Å². The van der Waals surface area contributed by atoms with E-state index in [1.807, 2.05) is 0 Å². The fraction of sp³-hybridized carbons (Fsp3) is 0.286. The molecule has 0 radical (unpaired) electrons. The van der Waals surface area contributed by atoms with Gasteiger partial charge in [-0.25, -0.2) is 31.7 Å². The van der Waals surface area contributed by atoms with Crippen LogP contribution >= 0.6 is 0 Å². The van der Waals surface area contributed by atoms with E-state index in [0.717, 1.165) is 0 Å². The minimum absolute atomic E-state index is 0.130. The lowest BCUT2D eigenvalue weighted by atomic mass is 10.2. The van der Waals surface area contributed by atoms with E-state index in [1.54, 1.807) is 0 Å². The number of halogens is 3. The van der Waals surface area contributed by atoms with E-state index < -0.39 is 33.0 Å². The van der Waals surface area contributed by atoms with Crippen LogP contribution in [0, 0.1) is 12.7 Å². The summed E-state index contributed by atoms with van der Waals surface area (Å²) in [5.74, 6) is -1.24. The van der Waals surface area contributed by atoms with Gasteiger partial charge in [0.2, 0.25) is 5.03 Å². The van der Waals surface area contributed by atoms with E-state index in [4.69, 9.17) is 0 Å². The fourth-order valence-corrected chi connectivity index (χ4v) is 1.55. The average Bonchev–Trinajstić information content (AvgIpc) is 2.00. The summed E-state index contributed by atoms with van der Waals surface area (Å²) in [7, 11) is -4.43. The highest BCUT2D eigenvalue weighted by Crippen LogP contribution is 2.23. The van der Waals surface area contributed by atoms with E-state index >= 15 is 0 Å². The summed E-state index contributed by atoms with van der Waals surface area (Å²) in [5.41, 5.74) is -0.921. The second-order valence-electron chi connectivity index (χ2n) is 2.82. The standard InChI is InChI=1S/C7H7F3N2O2S/c1-3-2-4(8)7(15(11,13)14)12-5(3)6(9)10/h2,6H,1H3,(H2,11,13,14). The van der Waals surface area contributed by atoms with Gasteiger partial charge >= 0.3 is 0 Å². The van der Waals surface area contributed by atoms with Gasteiger partial charge in [0.15, 0.2) is 5.82 Å². The predicted molar refractivity (Wildman–Crippen MR) is 45.3 cm³/mol. The van der Waals surface area contributed by atoms with Crippen molar-refractivity contribution in [2.45, 2.75) is 18.4 Å². The van der Waals surface area contributed by atoms with Crippen molar-refractivity contribution in [3.63, 3.8) is 0 Å². The molecule has 1 aromatic heterocycles. The molecule has 0 amide bonds. The molecule has 0 saturated heterocycles. The number of pyridine rings is 1. The topological polar surface area (TPSA) is 73.1 Å². The number of hydrogen-bond donors (Lipinski definition) is 1. The average molecular weight is 240 g/mol. The zero-order chi connectivity index (χ0) is 11.8. The van der Waals surface area contributed by atoms with Gasteiger partial charge in [0.1, 0.15) is 5.69 Å². The smallest absolute Gasteiger partial charge is 0.231 e. The van der Waals surface area contributed by atoms with Crippen LogP contribution in [0.3, 0.4) is 0 Å². The minimum atomic E-state index is -4.43. The van der Waals surface area contributed by atoms with Crippen LogP contribution in [0.15, 0.2) is 11.1 Å². The first-order valence-electron chi connectivity index (χ1n) is 3.71. The van der Waals surface area contributed by atoms with Crippen molar-refractivity contribution in [1.29, 1.82) is 0 Å². The molecule has 0 bridgehead atoms. The molecular formula is C7H7F3N2O2S. The van der Waals surface area contributed by atoms with Gasteiger partial charge in [0.25, 0.3) is 16.4 Å². The molecule has 1 aromatic rings. The summed E-state index contributed by atoms with van der Waals surface area (Å²) < 4.78 is 59.2. The lowest BCUT2D eigenvalue weighted by Gasteiger charge is -2.06. The number of nitrogens with two attached hydrogens (primary N) is 1. The molecule has 0 aliphatic carbocycles. The Bertz CT molecular complexity index is 487. The molecule has 0 fully saturated rings. The molecule has 0 aromatic carbocycles. The maximum absolute atomic E-state index is 13.0. The summed E-state index contributed by atoms with van der Waals surface area (Å²) in [6.07, 6.45) is -2.98. The second kappa shape index (κ2) is 3.78. The number of nitrogens with zero attached hydrogens (tertiary/aromatic N) is 1. The lowest BCUT2D eigenvalue weighted by molar-refractivity contribution is 0.144. The molecule has 2 N–H and O–H groups in total. The number of rotatable bonds is 2. The van der Waals surface area contributed by atoms with E-state index in [0.29, 0.717) is 6.07 Å². The Morgan fingerprint density at radius 2 is 2.00 bits per heavy atom. The third-order valence-corrected chi connectivity index (χ3v) is 2.48. The number of aromatic nitrogens is 1. The minimum Gasteiger partial charge on any atom is -0.231 e. The van der Waals surface area contributed by atoms with Gasteiger partial charge in [-0.3, -0.25) is 0 Å². The van der Waals surface area contributed by atoms with Crippen LogP contribution in [-0.4, -0.2) is 13.4 Å². The molecule has 84 valence electrons. The summed E-state index contributed by atoms with van der Waals surface area (Å²) in [4.78, 5) is 3.00. The molecule has 0 atom stereocenters. The molecular weight excluding hydrogens is 233 g/mol. The van der Waals surface area contributed by atoms with Crippen molar-refractivity contribution in [1.82, 2.24) is 4.98 Å². The molecule has 0 aliphatic heterocycles. The maximum Gasteiger partial charge on any atom is 0.280 e. The van der Waals surface area contributed by atoms with Crippen molar-refractivity contribution in [2.24, 2.45) is 5.14 Å². The number of primary sulfonamides is 1. The van der Waals surface area contributed by atoms with Crippen LogP contribution in [0.2, 0.25) is 0 Å². The van der Waals surface area contributed by atoms with Crippen LogP contribution < -0.4 is 5.14 Å². The van der Waals surface area contributed by atoms with Crippen LogP contribution in [0.1, 0.15) is 17.7 Å². The van der Waals surface area contributed by atoms with Gasteiger partial charge in [-0.2, -0.15) is 0 Å². The number of alkyl halides is 2. The van der Waals surface area contributed by atoms with Gasteiger partial charge in [0.05, 0.1) is 0 Å². The molecule has 1 heterocycles. The van der Waals surface area contributed by atoms with Crippen LogP contribution in [-0.2, 0) is 10.0 Å². The van der Waals surface area contributed by atoms with Crippen LogP contribution in [0.5, 0.6) is 0 Å². The van der Waals surface area contributed by atoms with Gasteiger partial charge in [-0.1, -0.05) is 0 Å². The molecule has 8 heteroatoms. The predicted octanol–water partition coefficient (Wildman–Crippen LogP) is 1.11. The highest BCUT2D eigenvalue weighted by molar-refractivity contribution is 7.89. The van der Waals surface area contributed by atoms with E-state index in [1.165, 1.54) is 6.92 Å². The molecule has 0 saturated carbocycles. The molecule has 1 rings (SSSR count). The van der Waals surface area contributed by atoms with Gasteiger partial charge in [-0.05, 0) is 18.6 Å². The van der Waals surface area contributed by atoms with Crippen molar-refractivity contribution in [3.05, 3.63) is 23.1 Å². The largest absolute Gasteiger partial charge is 0.280 e. The Morgan fingerprint density at radius 3 is 2.40 bits per heavy atom. The Balaban J connectivity index is 3.50. The number of aryl methyl sites for hydroxylation is 1. The van der Waals surface area contributed by atoms with Crippen LogP contribution in [0.25, 0.3) is 0 Å². The summed E-state index contributed by atoms with van der Waals surface area (Å²) in [6, 6.07) is 0.661. The Hall–Kier alpha value is -1.15. The quantitative estimate of drug-likeness (QED) is 0.841.